The Balaban J connectivity index is 1.66. The van der Waals surface area contributed by atoms with Crippen molar-refractivity contribution in [3.63, 3.8) is 0 Å². The molecule has 0 saturated heterocycles. The molecule has 1 heterocycles. The Bertz CT molecular complexity index is 420. The maximum Gasteiger partial charge on any atom is 0.161 e. The molecule has 118 valence electrons. The van der Waals surface area contributed by atoms with Crippen LogP contribution in [0.25, 0.3) is 0 Å². The van der Waals surface area contributed by atoms with Gasteiger partial charge in [0.25, 0.3) is 0 Å². The van der Waals surface area contributed by atoms with E-state index in [0.29, 0.717) is 6.10 Å². The zero-order valence-corrected chi connectivity index (χ0v) is 13.2. The van der Waals surface area contributed by atoms with Crippen LogP contribution in [0.3, 0.4) is 0 Å². The van der Waals surface area contributed by atoms with Gasteiger partial charge in [-0.3, -0.25) is 0 Å². The SMILES string of the molecule is CC(C)OCCCCNCc1ccc2c(c1)OCCCO2. The molecule has 0 spiro atoms. The number of unbranched alkanes of at least 4 members (excludes halogenated alkanes) is 1. The van der Waals surface area contributed by atoms with Crippen molar-refractivity contribution >= 4 is 0 Å². The molecule has 1 N–H and O–H groups in total. The highest BCUT2D eigenvalue weighted by molar-refractivity contribution is 5.43. The molecule has 0 atom stereocenters. The van der Waals surface area contributed by atoms with E-state index < -0.39 is 0 Å². The van der Waals surface area contributed by atoms with Gasteiger partial charge in [0.2, 0.25) is 0 Å². The summed E-state index contributed by atoms with van der Waals surface area (Å²) < 4.78 is 16.9. The lowest BCUT2D eigenvalue weighted by Crippen LogP contribution is -2.15. The molecule has 0 aromatic heterocycles. The van der Waals surface area contributed by atoms with Crippen molar-refractivity contribution in [2.75, 3.05) is 26.4 Å². The summed E-state index contributed by atoms with van der Waals surface area (Å²) in [6, 6.07) is 6.19. The topological polar surface area (TPSA) is 39.7 Å². The van der Waals surface area contributed by atoms with Gasteiger partial charge in [-0.1, -0.05) is 6.07 Å². The molecule has 0 amide bonds. The fourth-order valence-corrected chi connectivity index (χ4v) is 2.22. The van der Waals surface area contributed by atoms with Crippen LogP contribution in [0.1, 0.15) is 38.7 Å². The molecule has 1 aromatic carbocycles. The molecule has 4 nitrogen and oxygen atoms in total. The molecule has 0 unspecified atom stereocenters. The third kappa shape index (κ3) is 5.94. The lowest BCUT2D eigenvalue weighted by Gasteiger charge is -2.10. The lowest BCUT2D eigenvalue weighted by atomic mass is 10.2. The standard InChI is InChI=1S/C17H27NO3/c1-14(2)19-9-4-3-8-18-13-15-6-7-16-17(12-15)21-11-5-10-20-16/h6-7,12,14,18H,3-5,8-11,13H2,1-2H3. The van der Waals surface area contributed by atoms with Gasteiger partial charge in [-0.15, -0.1) is 0 Å². The minimum absolute atomic E-state index is 0.333. The van der Waals surface area contributed by atoms with Crippen LogP contribution in [-0.4, -0.2) is 32.5 Å². The number of benzene rings is 1. The Hall–Kier alpha value is -1.26. The molecule has 0 bridgehead atoms. The zero-order chi connectivity index (χ0) is 14.9. The van der Waals surface area contributed by atoms with Gasteiger partial charge in [0.05, 0.1) is 19.3 Å². The van der Waals surface area contributed by atoms with Gasteiger partial charge in [0.1, 0.15) is 0 Å². The van der Waals surface area contributed by atoms with Crippen LogP contribution in [0.15, 0.2) is 18.2 Å². The summed E-state index contributed by atoms with van der Waals surface area (Å²) >= 11 is 0. The van der Waals surface area contributed by atoms with E-state index in [4.69, 9.17) is 14.2 Å². The number of rotatable bonds is 8. The molecule has 0 saturated carbocycles. The monoisotopic (exact) mass is 293 g/mol. The fraction of sp³-hybridized carbons (Fsp3) is 0.647. The average Bonchev–Trinajstić information content (AvgIpc) is 2.70. The Kier molecular flexibility index (Phi) is 6.83. The molecule has 0 fully saturated rings. The van der Waals surface area contributed by atoms with E-state index in [1.807, 2.05) is 6.07 Å². The smallest absolute Gasteiger partial charge is 0.161 e. The summed E-state index contributed by atoms with van der Waals surface area (Å²) in [5, 5.41) is 3.46. The molecular weight excluding hydrogens is 266 g/mol. The second-order valence-electron chi connectivity index (χ2n) is 5.63. The normalized spacial score (nSPS) is 14.2. The van der Waals surface area contributed by atoms with Crippen molar-refractivity contribution in [2.24, 2.45) is 0 Å². The van der Waals surface area contributed by atoms with Crippen LogP contribution >= 0.6 is 0 Å². The van der Waals surface area contributed by atoms with Crippen LogP contribution < -0.4 is 14.8 Å². The Labute approximate surface area is 127 Å². The van der Waals surface area contributed by atoms with E-state index in [1.54, 1.807) is 0 Å². The summed E-state index contributed by atoms with van der Waals surface area (Å²) in [6.07, 6.45) is 3.52. The van der Waals surface area contributed by atoms with E-state index in [0.717, 1.165) is 63.7 Å². The van der Waals surface area contributed by atoms with E-state index in [1.165, 1.54) is 5.56 Å². The van der Waals surface area contributed by atoms with Crippen LogP contribution in [0.5, 0.6) is 11.5 Å². The van der Waals surface area contributed by atoms with Gasteiger partial charge < -0.3 is 19.5 Å². The zero-order valence-electron chi connectivity index (χ0n) is 13.2. The van der Waals surface area contributed by atoms with Crippen molar-refractivity contribution in [1.82, 2.24) is 5.32 Å². The maximum absolute atomic E-state index is 5.70. The predicted octanol–water partition coefficient (Wildman–Crippen LogP) is 3.14. The Morgan fingerprint density at radius 2 is 1.95 bits per heavy atom. The third-order valence-corrected chi connectivity index (χ3v) is 3.34. The molecule has 0 aliphatic carbocycles. The Morgan fingerprint density at radius 1 is 1.14 bits per heavy atom. The van der Waals surface area contributed by atoms with Crippen LogP contribution in [-0.2, 0) is 11.3 Å². The summed E-state index contributed by atoms with van der Waals surface area (Å²) in [4.78, 5) is 0. The number of hydrogen-bond acceptors (Lipinski definition) is 4. The first-order valence-corrected chi connectivity index (χ1v) is 7.96. The van der Waals surface area contributed by atoms with Crippen molar-refractivity contribution in [1.29, 1.82) is 0 Å². The summed E-state index contributed by atoms with van der Waals surface area (Å²) in [5.41, 5.74) is 1.23. The summed E-state index contributed by atoms with van der Waals surface area (Å²) in [6.45, 7) is 8.34. The summed E-state index contributed by atoms with van der Waals surface area (Å²) in [7, 11) is 0. The third-order valence-electron chi connectivity index (χ3n) is 3.34. The number of nitrogens with one attached hydrogen (secondary N) is 1. The highest BCUT2D eigenvalue weighted by Crippen LogP contribution is 2.30. The maximum atomic E-state index is 5.70. The van der Waals surface area contributed by atoms with Gasteiger partial charge in [-0.25, -0.2) is 0 Å². The molecule has 1 aliphatic heterocycles. The number of fused-ring (bicyclic) bond motifs is 1. The van der Waals surface area contributed by atoms with E-state index in [-0.39, 0.29) is 0 Å². The minimum Gasteiger partial charge on any atom is -0.490 e. The molecular formula is C17H27NO3. The largest absolute Gasteiger partial charge is 0.490 e. The van der Waals surface area contributed by atoms with Crippen molar-refractivity contribution in [2.45, 2.75) is 45.8 Å². The minimum atomic E-state index is 0.333. The van der Waals surface area contributed by atoms with Crippen molar-refractivity contribution in [3.05, 3.63) is 23.8 Å². The van der Waals surface area contributed by atoms with Gasteiger partial charge in [-0.05, 0) is 50.9 Å². The fourth-order valence-electron chi connectivity index (χ4n) is 2.22. The predicted molar refractivity (Wildman–Crippen MR) is 84.1 cm³/mol. The van der Waals surface area contributed by atoms with Crippen LogP contribution in [0.4, 0.5) is 0 Å². The van der Waals surface area contributed by atoms with Crippen LogP contribution in [0, 0.1) is 0 Å². The van der Waals surface area contributed by atoms with Gasteiger partial charge >= 0.3 is 0 Å². The Morgan fingerprint density at radius 3 is 2.76 bits per heavy atom. The van der Waals surface area contributed by atoms with Gasteiger partial charge in [0, 0.05) is 19.6 Å². The lowest BCUT2D eigenvalue weighted by molar-refractivity contribution is 0.0760. The summed E-state index contributed by atoms with van der Waals surface area (Å²) in [5.74, 6) is 1.74. The van der Waals surface area contributed by atoms with Crippen molar-refractivity contribution in [3.8, 4) is 11.5 Å². The van der Waals surface area contributed by atoms with Gasteiger partial charge in [0.15, 0.2) is 11.5 Å². The molecule has 2 rings (SSSR count). The van der Waals surface area contributed by atoms with Crippen molar-refractivity contribution < 1.29 is 14.2 Å². The number of hydrogen-bond donors (Lipinski definition) is 1. The molecule has 0 radical (unpaired) electrons. The van der Waals surface area contributed by atoms with E-state index in [9.17, 15) is 0 Å². The first-order chi connectivity index (χ1) is 10.3. The van der Waals surface area contributed by atoms with Crippen LogP contribution in [0.2, 0.25) is 0 Å². The molecule has 1 aliphatic rings. The highest BCUT2D eigenvalue weighted by Gasteiger charge is 2.10. The average molecular weight is 293 g/mol. The second-order valence-corrected chi connectivity index (χ2v) is 5.63. The quantitative estimate of drug-likeness (QED) is 0.747. The van der Waals surface area contributed by atoms with E-state index in [2.05, 4.69) is 31.3 Å². The molecule has 4 heteroatoms. The number of ether oxygens (including phenoxy) is 3. The van der Waals surface area contributed by atoms with Gasteiger partial charge in [-0.2, -0.15) is 0 Å². The molecule has 1 aromatic rings. The molecule has 21 heavy (non-hydrogen) atoms. The second kappa shape index (κ2) is 8.90. The highest BCUT2D eigenvalue weighted by atomic mass is 16.5. The first kappa shape index (κ1) is 16.1. The van der Waals surface area contributed by atoms with E-state index >= 15 is 0 Å². The first-order valence-electron chi connectivity index (χ1n) is 7.96.